The zero-order valence-corrected chi connectivity index (χ0v) is 42.8. The fourth-order valence-corrected chi connectivity index (χ4v) is 10.9. The van der Waals surface area contributed by atoms with Crippen LogP contribution in [0.1, 0.15) is 105 Å². The Morgan fingerprint density at radius 3 is 2.31 bits per heavy atom. The predicted octanol–water partition coefficient (Wildman–Crippen LogP) is 5.59. The van der Waals surface area contributed by atoms with Crippen molar-refractivity contribution in [3.8, 4) is 0 Å². The standard InChI is InChI=1S/C51H81NO15S/c1-11-14-37-24-31(2)23-32(3)25-43(62-9)47-44(63-10)27-34(5)51(59,67-47)48(56)49(57)52-18-13-12-15-38(52)50(58)66-46(35(6)39(53)29-40(37)54)33(4)26-36-16-17-41(42(28-36)61-8)65-45(55)30-68-22-21-64-20-19-60-7/h11,24,26,32,34-39,41-44,46-47,53,59H,1,12-23,25,27-30H2,2-10H3/b31-24+,33-26-/t32-,34+,35+,36?,37+,38-,39-,41+,42+,43-,44-,46+,47+,51+/m0/s1. The third kappa shape index (κ3) is 15.8. The van der Waals surface area contributed by atoms with E-state index in [0.29, 0.717) is 82.5 Å². The van der Waals surface area contributed by atoms with Crippen LogP contribution in [-0.2, 0) is 61.9 Å². The molecule has 1 unspecified atom stereocenters. The monoisotopic (exact) mass is 980 g/mol. The molecule has 3 heterocycles. The number of thioether (sulfide) groups is 1. The molecule has 0 aromatic heterocycles. The number of carbonyl (C=O) groups is 5. The molecule has 1 amide bonds. The molecule has 3 aliphatic heterocycles. The van der Waals surface area contributed by atoms with Crippen LogP contribution in [0.15, 0.2) is 36.0 Å². The molecule has 14 atom stereocenters. The number of amides is 1. The third-order valence-corrected chi connectivity index (χ3v) is 15.0. The molecule has 0 spiro atoms. The number of ether oxygens (including phenoxy) is 8. The molecule has 16 nitrogen and oxygen atoms in total. The van der Waals surface area contributed by atoms with Gasteiger partial charge in [0.1, 0.15) is 30.1 Å². The number of hydrogen-bond acceptors (Lipinski definition) is 16. The van der Waals surface area contributed by atoms with Gasteiger partial charge in [-0.2, -0.15) is 0 Å². The van der Waals surface area contributed by atoms with E-state index < -0.39 is 90.0 Å². The van der Waals surface area contributed by atoms with E-state index in [4.69, 9.17) is 37.9 Å². The quantitative estimate of drug-likeness (QED) is 0.0839. The highest BCUT2D eigenvalue weighted by Crippen LogP contribution is 2.39. The molecule has 386 valence electrons. The molecule has 1 saturated carbocycles. The van der Waals surface area contributed by atoms with Gasteiger partial charge in [-0.1, -0.05) is 44.6 Å². The summed E-state index contributed by atoms with van der Waals surface area (Å²) in [6, 6.07) is -1.18. The SMILES string of the molecule is C=CC[C@@H]1/C=C(\C)C[C@H](C)C[C@H](OC)[C@H]2O[C@@](O)(C(=O)C(=O)N3CCCC[C@H]3C(=O)O[C@H](/C(C)=C\C3CC[C@@H](OC(=O)CSCCOCCOC)[C@H](OC)C3)[C@H](C)[C@@H](O)CC1=O)[C@H](C)C[C@@H]2OC. The van der Waals surface area contributed by atoms with Gasteiger partial charge >= 0.3 is 11.9 Å². The van der Waals surface area contributed by atoms with E-state index in [9.17, 15) is 34.2 Å². The Labute approximate surface area is 408 Å². The molecule has 0 aromatic rings. The Morgan fingerprint density at radius 1 is 0.926 bits per heavy atom. The topological polar surface area (TPSA) is 203 Å². The highest BCUT2D eigenvalue weighted by atomic mass is 32.2. The molecule has 68 heavy (non-hydrogen) atoms. The summed E-state index contributed by atoms with van der Waals surface area (Å²) in [5.74, 6) is -7.56. The summed E-state index contributed by atoms with van der Waals surface area (Å²) >= 11 is 1.43. The zero-order chi connectivity index (χ0) is 50.1. The molecular weight excluding hydrogens is 899 g/mol. The summed E-state index contributed by atoms with van der Waals surface area (Å²) in [7, 11) is 6.23. The van der Waals surface area contributed by atoms with E-state index in [0.717, 1.165) is 5.57 Å². The maximum atomic E-state index is 14.5. The van der Waals surface area contributed by atoms with Crippen molar-refractivity contribution in [3.05, 3.63) is 36.0 Å². The first-order chi connectivity index (χ1) is 32.4. The fraction of sp³-hybridized carbons (Fsp3) is 0.784. The first kappa shape index (κ1) is 57.6. The molecule has 0 radical (unpaired) electrons. The van der Waals surface area contributed by atoms with E-state index >= 15 is 0 Å². The van der Waals surface area contributed by atoms with Crippen molar-refractivity contribution < 1.29 is 72.1 Å². The lowest BCUT2D eigenvalue weighted by Crippen LogP contribution is -2.64. The third-order valence-electron chi connectivity index (χ3n) is 14.2. The number of rotatable bonds is 16. The number of aliphatic hydroxyl groups is 2. The molecule has 1 aliphatic carbocycles. The molecule has 2 saturated heterocycles. The summed E-state index contributed by atoms with van der Waals surface area (Å²) in [4.78, 5) is 71.3. The smallest absolute Gasteiger partial charge is 0.329 e. The molecule has 4 aliphatic rings. The number of esters is 2. The summed E-state index contributed by atoms with van der Waals surface area (Å²) < 4.78 is 46.6. The molecular formula is C51H81NO15S. The van der Waals surface area contributed by atoms with Crippen molar-refractivity contribution in [2.45, 2.75) is 160 Å². The van der Waals surface area contributed by atoms with Gasteiger partial charge in [0.2, 0.25) is 5.79 Å². The minimum Gasteiger partial charge on any atom is -0.459 e. The van der Waals surface area contributed by atoms with Gasteiger partial charge in [0.05, 0.1) is 50.0 Å². The van der Waals surface area contributed by atoms with Crippen molar-refractivity contribution in [1.29, 1.82) is 0 Å². The number of hydrogen-bond donors (Lipinski definition) is 2. The minimum absolute atomic E-state index is 0.00940. The lowest BCUT2D eigenvalue weighted by molar-refractivity contribution is -0.302. The van der Waals surface area contributed by atoms with Crippen LogP contribution in [0, 0.1) is 29.6 Å². The molecule has 4 rings (SSSR count). The number of allylic oxidation sites excluding steroid dienone is 4. The fourth-order valence-electron chi connectivity index (χ4n) is 10.3. The summed E-state index contributed by atoms with van der Waals surface area (Å²) in [6.07, 6.45) is 4.62. The summed E-state index contributed by atoms with van der Waals surface area (Å²) in [5, 5.41) is 24.0. The number of fused-ring (bicyclic) bond motifs is 3. The first-order valence-electron chi connectivity index (χ1n) is 24.5. The Bertz CT molecular complexity index is 1740. The van der Waals surface area contributed by atoms with Crippen LogP contribution < -0.4 is 0 Å². The van der Waals surface area contributed by atoms with Gasteiger partial charge in [-0.3, -0.25) is 19.2 Å². The number of nitrogens with zero attached hydrogens (tertiary/aromatic N) is 1. The van der Waals surface area contributed by atoms with Crippen LogP contribution in [0.2, 0.25) is 0 Å². The first-order valence-corrected chi connectivity index (χ1v) is 25.6. The van der Waals surface area contributed by atoms with E-state index in [1.54, 1.807) is 34.1 Å². The van der Waals surface area contributed by atoms with Gasteiger partial charge < -0.3 is 53.0 Å². The lowest BCUT2D eigenvalue weighted by atomic mass is 9.81. The second kappa shape index (κ2) is 28.1. The second-order valence-electron chi connectivity index (χ2n) is 19.4. The molecule has 2 bridgehead atoms. The van der Waals surface area contributed by atoms with Gasteiger partial charge in [0, 0.05) is 64.9 Å². The van der Waals surface area contributed by atoms with Crippen molar-refractivity contribution in [1.82, 2.24) is 4.90 Å². The van der Waals surface area contributed by atoms with Crippen molar-refractivity contribution in [2.75, 3.05) is 66.3 Å². The Kier molecular flexibility index (Phi) is 23.8. The Hall–Kier alpha value is -3.00. The number of ketones is 2. The van der Waals surface area contributed by atoms with Gasteiger partial charge in [-0.05, 0) is 95.5 Å². The maximum Gasteiger partial charge on any atom is 0.329 e. The maximum absolute atomic E-state index is 14.5. The second-order valence-corrected chi connectivity index (χ2v) is 20.5. The highest BCUT2D eigenvalue weighted by molar-refractivity contribution is 7.99. The normalized spacial score (nSPS) is 36.2. The van der Waals surface area contributed by atoms with Gasteiger partial charge in [-0.25, -0.2) is 4.79 Å². The summed E-state index contributed by atoms with van der Waals surface area (Å²) in [5.41, 5.74) is 1.57. The zero-order valence-electron chi connectivity index (χ0n) is 42.0. The van der Waals surface area contributed by atoms with Crippen LogP contribution in [0.4, 0.5) is 0 Å². The lowest BCUT2D eigenvalue weighted by Gasteiger charge is -2.47. The van der Waals surface area contributed by atoms with Crippen LogP contribution in [0.25, 0.3) is 0 Å². The average molecular weight is 980 g/mol. The van der Waals surface area contributed by atoms with Crippen LogP contribution in [-0.4, -0.2) is 165 Å². The highest BCUT2D eigenvalue weighted by Gasteiger charge is 2.56. The molecule has 2 N–H and O–H groups in total. The van der Waals surface area contributed by atoms with Crippen molar-refractivity contribution in [2.24, 2.45) is 29.6 Å². The minimum atomic E-state index is -2.54. The average Bonchev–Trinajstić information content (AvgIpc) is 3.31. The van der Waals surface area contributed by atoms with Crippen LogP contribution >= 0.6 is 11.8 Å². The molecule has 3 fully saturated rings. The molecule has 0 aromatic carbocycles. The van der Waals surface area contributed by atoms with E-state index in [-0.39, 0.29) is 55.1 Å². The van der Waals surface area contributed by atoms with E-state index in [2.05, 4.69) is 6.58 Å². The van der Waals surface area contributed by atoms with E-state index in [1.807, 2.05) is 32.9 Å². The number of methoxy groups -OCH3 is 4. The Balaban J connectivity index is 1.65. The van der Waals surface area contributed by atoms with Gasteiger partial charge in [-0.15, -0.1) is 18.3 Å². The Morgan fingerprint density at radius 2 is 1.63 bits per heavy atom. The molecule has 17 heteroatoms. The van der Waals surface area contributed by atoms with Crippen molar-refractivity contribution in [3.63, 3.8) is 0 Å². The summed E-state index contributed by atoms with van der Waals surface area (Å²) in [6.45, 7) is 14.6. The number of aliphatic hydroxyl groups excluding tert-OH is 1. The van der Waals surface area contributed by atoms with Crippen molar-refractivity contribution >= 4 is 41.2 Å². The van der Waals surface area contributed by atoms with Crippen LogP contribution in [0.3, 0.4) is 0 Å². The largest absolute Gasteiger partial charge is 0.459 e. The number of Topliss-reactive ketones (excluding diaryl/α,β-unsaturated/α-hetero) is 2. The van der Waals surface area contributed by atoms with Gasteiger partial charge in [0.15, 0.2) is 0 Å². The predicted molar refractivity (Wildman–Crippen MR) is 256 cm³/mol. The van der Waals surface area contributed by atoms with Gasteiger partial charge in [0.25, 0.3) is 11.7 Å². The van der Waals surface area contributed by atoms with Crippen LogP contribution in [0.5, 0.6) is 0 Å². The number of cyclic esters (lactones) is 1. The number of piperidine rings is 1. The van der Waals surface area contributed by atoms with E-state index in [1.165, 1.54) is 30.9 Å². The number of carbonyl (C=O) groups excluding carboxylic acids is 5.